The first-order valence-corrected chi connectivity index (χ1v) is 9.56. The minimum Gasteiger partial charge on any atom is -0.382 e. The molecule has 2 aliphatic carbocycles. The molecule has 2 fully saturated rings. The van der Waals surface area contributed by atoms with Crippen LogP contribution in [0.1, 0.15) is 63.4 Å². The summed E-state index contributed by atoms with van der Waals surface area (Å²) in [6, 6.07) is 7.32. The highest BCUT2D eigenvalue weighted by atomic mass is 79.9. The second-order valence-electron chi connectivity index (χ2n) is 7.06. The van der Waals surface area contributed by atoms with Gasteiger partial charge in [0.1, 0.15) is 0 Å². The van der Waals surface area contributed by atoms with Gasteiger partial charge in [-0.15, -0.1) is 0 Å². The third-order valence-electron chi connectivity index (χ3n) is 5.60. The highest BCUT2D eigenvalue weighted by molar-refractivity contribution is 9.10. The van der Waals surface area contributed by atoms with Crippen molar-refractivity contribution in [1.29, 1.82) is 0 Å². The van der Waals surface area contributed by atoms with E-state index in [1.165, 1.54) is 73.5 Å². The predicted octanol–water partition coefficient (Wildman–Crippen LogP) is 6.31. The number of aryl methyl sites for hydroxylation is 1. The van der Waals surface area contributed by atoms with Crippen LogP contribution in [0.15, 0.2) is 22.7 Å². The van der Waals surface area contributed by atoms with Crippen LogP contribution in [0.5, 0.6) is 0 Å². The number of hydrogen-bond donors (Lipinski definition) is 1. The van der Waals surface area contributed by atoms with Gasteiger partial charge in [0.15, 0.2) is 0 Å². The summed E-state index contributed by atoms with van der Waals surface area (Å²) >= 11 is 3.57. The van der Waals surface area contributed by atoms with Crippen molar-refractivity contribution in [3.8, 4) is 0 Å². The molecule has 116 valence electrons. The van der Waals surface area contributed by atoms with Gasteiger partial charge in [-0.05, 0) is 55.4 Å². The van der Waals surface area contributed by atoms with Crippen LogP contribution < -0.4 is 5.32 Å². The van der Waals surface area contributed by atoms with Gasteiger partial charge in [-0.3, -0.25) is 0 Å². The minimum atomic E-state index is 0.696. The van der Waals surface area contributed by atoms with Crippen LogP contribution in [0.25, 0.3) is 0 Å². The molecule has 1 nitrogen and oxygen atoms in total. The SMILES string of the molecule is Cc1cc(Br)ccc1NC1CCCCC1C1CCCCC1. The maximum absolute atomic E-state index is 3.90. The fourth-order valence-electron chi connectivity index (χ4n) is 4.45. The van der Waals surface area contributed by atoms with E-state index in [1.54, 1.807) is 0 Å². The Morgan fingerprint density at radius 3 is 2.43 bits per heavy atom. The second-order valence-corrected chi connectivity index (χ2v) is 7.97. The van der Waals surface area contributed by atoms with E-state index < -0.39 is 0 Å². The summed E-state index contributed by atoms with van der Waals surface area (Å²) in [5.74, 6) is 1.88. The van der Waals surface area contributed by atoms with Crippen LogP contribution in [-0.2, 0) is 0 Å². The monoisotopic (exact) mass is 349 g/mol. The number of anilines is 1. The fourth-order valence-corrected chi connectivity index (χ4v) is 4.93. The molecule has 2 unspecified atom stereocenters. The average Bonchev–Trinajstić information content (AvgIpc) is 2.51. The lowest BCUT2D eigenvalue weighted by Gasteiger charge is -2.40. The van der Waals surface area contributed by atoms with Gasteiger partial charge >= 0.3 is 0 Å². The highest BCUT2D eigenvalue weighted by Gasteiger charge is 2.32. The summed E-state index contributed by atoms with van der Waals surface area (Å²) in [5, 5.41) is 3.90. The fraction of sp³-hybridized carbons (Fsp3) is 0.684. The molecule has 0 bridgehead atoms. The summed E-state index contributed by atoms with van der Waals surface area (Å²) in [4.78, 5) is 0. The number of hydrogen-bond acceptors (Lipinski definition) is 1. The molecule has 1 N–H and O–H groups in total. The zero-order valence-electron chi connectivity index (χ0n) is 13.2. The lowest BCUT2D eigenvalue weighted by Crippen LogP contribution is -2.37. The normalized spacial score (nSPS) is 27.5. The van der Waals surface area contributed by atoms with Crippen molar-refractivity contribution in [3.05, 3.63) is 28.2 Å². The van der Waals surface area contributed by atoms with E-state index >= 15 is 0 Å². The summed E-state index contributed by atoms with van der Waals surface area (Å²) in [7, 11) is 0. The zero-order chi connectivity index (χ0) is 14.7. The number of benzene rings is 1. The van der Waals surface area contributed by atoms with Crippen LogP contribution in [-0.4, -0.2) is 6.04 Å². The molecule has 21 heavy (non-hydrogen) atoms. The molecule has 2 aliphatic rings. The van der Waals surface area contributed by atoms with Crippen LogP contribution in [0.3, 0.4) is 0 Å². The van der Waals surface area contributed by atoms with Crippen molar-refractivity contribution in [2.24, 2.45) is 11.8 Å². The predicted molar refractivity (Wildman–Crippen MR) is 94.8 cm³/mol. The maximum Gasteiger partial charge on any atom is 0.0372 e. The third kappa shape index (κ3) is 3.83. The average molecular weight is 350 g/mol. The van der Waals surface area contributed by atoms with Gasteiger partial charge in [0.2, 0.25) is 0 Å². The van der Waals surface area contributed by atoms with Gasteiger partial charge < -0.3 is 5.32 Å². The Kier molecular flexibility index (Phi) is 5.26. The van der Waals surface area contributed by atoms with Gasteiger partial charge in [0.25, 0.3) is 0 Å². The van der Waals surface area contributed by atoms with Crippen molar-refractivity contribution < 1.29 is 0 Å². The van der Waals surface area contributed by atoms with Crippen LogP contribution in [0.4, 0.5) is 5.69 Å². The van der Waals surface area contributed by atoms with E-state index in [0.717, 1.165) is 11.8 Å². The minimum absolute atomic E-state index is 0.696. The molecule has 0 saturated heterocycles. The third-order valence-corrected chi connectivity index (χ3v) is 6.10. The summed E-state index contributed by atoms with van der Waals surface area (Å²) in [6.45, 7) is 2.21. The Balaban J connectivity index is 1.71. The molecule has 0 amide bonds. The molecule has 2 heteroatoms. The molecular weight excluding hydrogens is 322 g/mol. The first-order chi connectivity index (χ1) is 10.2. The van der Waals surface area contributed by atoms with Crippen molar-refractivity contribution in [2.75, 3.05) is 5.32 Å². The first-order valence-electron chi connectivity index (χ1n) is 8.77. The van der Waals surface area contributed by atoms with Gasteiger partial charge in [-0.2, -0.15) is 0 Å². The largest absolute Gasteiger partial charge is 0.382 e. The molecule has 0 heterocycles. The Hall–Kier alpha value is -0.500. The lowest BCUT2D eigenvalue weighted by atomic mass is 9.71. The van der Waals surface area contributed by atoms with Crippen molar-refractivity contribution >= 4 is 21.6 Å². The van der Waals surface area contributed by atoms with E-state index in [9.17, 15) is 0 Å². The van der Waals surface area contributed by atoms with E-state index in [-0.39, 0.29) is 0 Å². The van der Waals surface area contributed by atoms with Crippen LogP contribution >= 0.6 is 15.9 Å². The second kappa shape index (κ2) is 7.17. The molecule has 1 aromatic carbocycles. The molecule has 0 aromatic heterocycles. The molecule has 2 atom stereocenters. The topological polar surface area (TPSA) is 12.0 Å². The van der Waals surface area contributed by atoms with Gasteiger partial charge in [-0.1, -0.05) is 60.9 Å². The van der Waals surface area contributed by atoms with Crippen molar-refractivity contribution in [1.82, 2.24) is 0 Å². The van der Waals surface area contributed by atoms with Gasteiger partial charge in [0, 0.05) is 16.2 Å². The van der Waals surface area contributed by atoms with Gasteiger partial charge in [0.05, 0.1) is 0 Å². The molecule has 0 aliphatic heterocycles. The zero-order valence-corrected chi connectivity index (χ0v) is 14.8. The Morgan fingerprint density at radius 2 is 1.67 bits per heavy atom. The Bertz CT molecular complexity index is 465. The number of rotatable bonds is 3. The molecule has 0 spiro atoms. The molecular formula is C19H28BrN. The standard InChI is InChI=1S/C19H28BrN/c1-14-13-16(20)11-12-18(14)21-19-10-6-5-9-17(19)15-7-3-2-4-8-15/h11-13,15,17,19,21H,2-10H2,1H3. The number of halogens is 1. The summed E-state index contributed by atoms with van der Waals surface area (Å²) in [6.07, 6.45) is 13.0. The van der Waals surface area contributed by atoms with Crippen LogP contribution in [0.2, 0.25) is 0 Å². The van der Waals surface area contributed by atoms with Crippen LogP contribution in [0, 0.1) is 18.8 Å². The summed E-state index contributed by atoms with van der Waals surface area (Å²) < 4.78 is 1.18. The summed E-state index contributed by atoms with van der Waals surface area (Å²) in [5.41, 5.74) is 2.70. The molecule has 3 rings (SSSR count). The Morgan fingerprint density at radius 1 is 0.952 bits per heavy atom. The van der Waals surface area contributed by atoms with E-state index in [4.69, 9.17) is 0 Å². The first kappa shape index (κ1) is 15.4. The molecule has 1 aromatic rings. The van der Waals surface area contributed by atoms with E-state index in [0.29, 0.717) is 6.04 Å². The van der Waals surface area contributed by atoms with Crippen molar-refractivity contribution in [2.45, 2.75) is 70.8 Å². The Labute approximate surface area is 138 Å². The van der Waals surface area contributed by atoms with Crippen molar-refractivity contribution in [3.63, 3.8) is 0 Å². The molecule has 2 saturated carbocycles. The highest BCUT2D eigenvalue weighted by Crippen LogP contribution is 2.39. The maximum atomic E-state index is 3.90. The van der Waals surface area contributed by atoms with E-state index in [2.05, 4.69) is 46.4 Å². The van der Waals surface area contributed by atoms with E-state index in [1.807, 2.05) is 0 Å². The number of nitrogens with one attached hydrogen (secondary N) is 1. The molecule has 0 radical (unpaired) electrons. The smallest absolute Gasteiger partial charge is 0.0372 e. The van der Waals surface area contributed by atoms with Gasteiger partial charge in [-0.25, -0.2) is 0 Å². The quantitative estimate of drug-likeness (QED) is 0.674. The lowest BCUT2D eigenvalue weighted by molar-refractivity contribution is 0.180.